The van der Waals surface area contributed by atoms with Gasteiger partial charge in [-0.15, -0.1) is 10.2 Å². The molecule has 0 aliphatic heterocycles. The van der Waals surface area contributed by atoms with Gasteiger partial charge < -0.3 is 10.4 Å². The minimum absolute atomic E-state index is 0.0226. The second kappa shape index (κ2) is 5.33. The molecule has 0 radical (unpaired) electrons. The van der Waals surface area contributed by atoms with Gasteiger partial charge in [-0.1, -0.05) is 26.7 Å². The third-order valence-electron chi connectivity index (χ3n) is 3.92. The molecular formula is C13H19N3O2. The smallest absolute Gasteiger partial charge is 0.356 e. The third kappa shape index (κ3) is 2.78. The number of anilines is 1. The normalized spacial score (nSPS) is 27.8. The molecule has 3 unspecified atom stereocenters. The molecule has 1 aromatic heterocycles. The van der Waals surface area contributed by atoms with E-state index in [2.05, 4.69) is 29.4 Å². The van der Waals surface area contributed by atoms with E-state index in [4.69, 9.17) is 5.11 Å². The van der Waals surface area contributed by atoms with Crippen molar-refractivity contribution in [3.05, 3.63) is 17.8 Å². The molecule has 0 bridgehead atoms. The Kier molecular flexibility index (Phi) is 3.79. The van der Waals surface area contributed by atoms with Crippen LogP contribution in [0, 0.1) is 11.8 Å². The molecule has 1 aliphatic rings. The molecule has 5 heteroatoms. The molecular weight excluding hydrogens is 230 g/mol. The molecule has 0 amide bonds. The monoisotopic (exact) mass is 249 g/mol. The molecule has 0 saturated heterocycles. The second-order valence-electron chi connectivity index (χ2n) is 5.13. The lowest BCUT2D eigenvalue weighted by Crippen LogP contribution is -2.35. The molecule has 1 fully saturated rings. The summed E-state index contributed by atoms with van der Waals surface area (Å²) in [7, 11) is 0. The highest BCUT2D eigenvalue weighted by Crippen LogP contribution is 2.31. The number of hydrogen-bond donors (Lipinski definition) is 2. The van der Waals surface area contributed by atoms with Crippen LogP contribution in [-0.4, -0.2) is 27.3 Å². The van der Waals surface area contributed by atoms with Crippen LogP contribution in [0.25, 0.3) is 0 Å². The van der Waals surface area contributed by atoms with E-state index >= 15 is 0 Å². The number of aromatic carboxylic acids is 1. The zero-order valence-electron chi connectivity index (χ0n) is 10.8. The minimum Gasteiger partial charge on any atom is -0.476 e. The Hall–Kier alpha value is -1.65. The van der Waals surface area contributed by atoms with Crippen LogP contribution in [0.3, 0.4) is 0 Å². The number of rotatable bonds is 3. The number of aromatic nitrogens is 2. The van der Waals surface area contributed by atoms with Crippen molar-refractivity contribution in [3.8, 4) is 0 Å². The summed E-state index contributed by atoms with van der Waals surface area (Å²) in [5, 5.41) is 19.7. The van der Waals surface area contributed by atoms with Crippen LogP contribution in [0.15, 0.2) is 12.1 Å². The van der Waals surface area contributed by atoms with E-state index in [0.717, 1.165) is 6.42 Å². The van der Waals surface area contributed by atoms with E-state index in [0.29, 0.717) is 23.7 Å². The quantitative estimate of drug-likeness (QED) is 0.860. The van der Waals surface area contributed by atoms with Crippen LogP contribution in [0.5, 0.6) is 0 Å². The number of hydrogen-bond acceptors (Lipinski definition) is 4. The Bertz CT molecular complexity index is 419. The zero-order chi connectivity index (χ0) is 13.1. The fraction of sp³-hybridized carbons (Fsp3) is 0.615. The summed E-state index contributed by atoms with van der Waals surface area (Å²) in [5.41, 5.74) is -0.0226. The molecule has 2 N–H and O–H groups in total. The van der Waals surface area contributed by atoms with E-state index in [1.54, 1.807) is 6.07 Å². The van der Waals surface area contributed by atoms with E-state index in [1.165, 1.54) is 18.9 Å². The van der Waals surface area contributed by atoms with Gasteiger partial charge in [0.1, 0.15) is 5.82 Å². The average molecular weight is 249 g/mol. The van der Waals surface area contributed by atoms with Crippen LogP contribution in [-0.2, 0) is 0 Å². The minimum atomic E-state index is -1.05. The van der Waals surface area contributed by atoms with Gasteiger partial charge >= 0.3 is 5.97 Å². The molecule has 2 rings (SSSR count). The summed E-state index contributed by atoms with van der Waals surface area (Å²) in [6.07, 6.45) is 3.64. The molecule has 1 aromatic rings. The maximum absolute atomic E-state index is 10.7. The van der Waals surface area contributed by atoms with Crippen molar-refractivity contribution in [1.29, 1.82) is 0 Å². The highest BCUT2D eigenvalue weighted by molar-refractivity contribution is 5.85. The van der Waals surface area contributed by atoms with Crippen LogP contribution >= 0.6 is 0 Å². The maximum atomic E-state index is 10.7. The Morgan fingerprint density at radius 2 is 2.11 bits per heavy atom. The predicted molar refractivity (Wildman–Crippen MR) is 68.6 cm³/mol. The topological polar surface area (TPSA) is 75.1 Å². The first-order chi connectivity index (χ1) is 8.58. The van der Waals surface area contributed by atoms with Crippen molar-refractivity contribution >= 4 is 11.8 Å². The van der Waals surface area contributed by atoms with Gasteiger partial charge in [0.25, 0.3) is 0 Å². The van der Waals surface area contributed by atoms with Crippen LogP contribution in [0.1, 0.15) is 43.6 Å². The van der Waals surface area contributed by atoms with E-state index in [-0.39, 0.29) is 5.69 Å². The highest BCUT2D eigenvalue weighted by atomic mass is 16.4. The predicted octanol–water partition coefficient (Wildman–Crippen LogP) is 2.41. The van der Waals surface area contributed by atoms with Crippen molar-refractivity contribution in [3.63, 3.8) is 0 Å². The molecule has 18 heavy (non-hydrogen) atoms. The van der Waals surface area contributed by atoms with Crippen LogP contribution in [0.2, 0.25) is 0 Å². The molecule has 98 valence electrons. The highest BCUT2D eigenvalue weighted by Gasteiger charge is 2.27. The lowest BCUT2D eigenvalue weighted by atomic mass is 9.78. The first-order valence-electron chi connectivity index (χ1n) is 6.41. The van der Waals surface area contributed by atoms with Gasteiger partial charge in [-0.3, -0.25) is 0 Å². The lowest BCUT2D eigenvalue weighted by molar-refractivity contribution is 0.0689. The van der Waals surface area contributed by atoms with Gasteiger partial charge in [0.2, 0.25) is 0 Å². The summed E-state index contributed by atoms with van der Waals surface area (Å²) < 4.78 is 0. The zero-order valence-corrected chi connectivity index (χ0v) is 10.8. The first kappa shape index (κ1) is 12.8. The van der Waals surface area contributed by atoms with Crippen LogP contribution < -0.4 is 5.32 Å². The Morgan fingerprint density at radius 1 is 1.33 bits per heavy atom. The van der Waals surface area contributed by atoms with Gasteiger partial charge in [-0.2, -0.15) is 0 Å². The molecule has 1 aliphatic carbocycles. The Balaban J connectivity index is 2.02. The molecule has 1 heterocycles. The van der Waals surface area contributed by atoms with Crippen molar-refractivity contribution in [1.82, 2.24) is 10.2 Å². The van der Waals surface area contributed by atoms with Crippen molar-refractivity contribution in [2.45, 2.75) is 39.2 Å². The van der Waals surface area contributed by atoms with E-state index < -0.39 is 5.97 Å². The number of carboxylic acid groups (broad SMARTS) is 1. The van der Waals surface area contributed by atoms with Gasteiger partial charge in [0.05, 0.1) is 0 Å². The van der Waals surface area contributed by atoms with Gasteiger partial charge in [0, 0.05) is 6.04 Å². The fourth-order valence-corrected chi connectivity index (χ4v) is 2.50. The third-order valence-corrected chi connectivity index (χ3v) is 3.92. The SMILES string of the molecule is CC1CCCC(Nc2ccc(C(=O)O)nn2)C1C. The Morgan fingerprint density at radius 3 is 2.72 bits per heavy atom. The van der Waals surface area contributed by atoms with Gasteiger partial charge in [-0.25, -0.2) is 4.79 Å². The second-order valence-corrected chi connectivity index (χ2v) is 5.13. The molecule has 1 saturated carbocycles. The van der Waals surface area contributed by atoms with Crippen molar-refractivity contribution in [2.75, 3.05) is 5.32 Å². The summed E-state index contributed by atoms with van der Waals surface area (Å²) in [4.78, 5) is 10.7. The largest absolute Gasteiger partial charge is 0.476 e. The standard InChI is InChI=1S/C13H19N3O2/c1-8-4-3-5-10(9(8)2)14-12-7-6-11(13(17)18)15-16-12/h6-10H,3-5H2,1-2H3,(H,14,16)(H,17,18). The number of nitrogens with zero attached hydrogens (tertiary/aromatic N) is 2. The van der Waals surface area contributed by atoms with E-state index in [1.807, 2.05) is 0 Å². The summed E-state index contributed by atoms with van der Waals surface area (Å²) >= 11 is 0. The molecule has 3 atom stereocenters. The van der Waals surface area contributed by atoms with Crippen molar-refractivity contribution < 1.29 is 9.90 Å². The number of carbonyl (C=O) groups is 1. The maximum Gasteiger partial charge on any atom is 0.356 e. The van der Waals surface area contributed by atoms with Gasteiger partial charge in [-0.05, 0) is 30.4 Å². The summed E-state index contributed by atoms with van der Waals surface area (Å²) in [6, 6.07) is 3.57. The Labute approximate surface area is 107 Å². The number of carboxylic acids is 1. The van der Waals surface area contributed by atoms with Crippen LogP contribution in [0.4, 0.5) is 5.82 Å². The summed E-state index contributed by atoms with van der Waals surface area (Å²) in [6.45, 7) is 4.53. The average Bonchev–Trinajstić information content (AvgIpc) is 2.36. The van der Waals surface area contributed by atoms with Crippen molar-refractivity contribution in [2.24, 2.45) is 11.8 Å². The first-order valence-corrected chi connectivity index (χ1v) is 6.41. The fourth-order valence-electron chi connectivity index (χ4n) is 2.50. The summed E-state index contributed by atoms with van der Waals surface area (Å²) in [5.74, 6) is 0.918. The molecule has 5 nitrogen and oxygen atoms in total. The van der Waals surface area contributed by atoms with Gasteiger partial charge in [0.15, 0.2) is 5.69 Å². The lowest BCUT2D eigenvalue weighted by Gasteiger charge is -2.34. The molecule has 0 spiro atoms. The molecule has 0 aromatic carbocycles. The number of nitrogens with one attached hydrogen (secondary N) is 1. The van der Waals surface area contributed by atoms with E-state index in [9.17, 15) is 4.79 Å².